The highest BCUT2D eigenvalue weighted by Crippen LogP contribution is 2.30. The average molecular weight is 483 g/mol. The van der Waals surface area contributed by atoms with E-state index in [1.54, 1.807) is 23.8 Å². The summed E-state index contributed by atoms with van der Waals surface area (Å²) >= 11 is 0. The summed E-state index contributed by atoms with van der Waals surface area (Å²) in [6.45, 7) is 10.1. The number of pyridine rings is 1. The summed E-state index contributed by atoms with van der Waals surface area (Å²) in [7, 11) is 0. The molecule has 0 saturated carbocycles. The minimum absolute atomic E-state index is 0.00697. The molecular weight excluding hydrogens is 444 g/mol. The largest absolute Gasteiger partial charge is 0.508 e. The summed E-state index contributed by atoms with van der Waals surface area (Å²) in [6.07, 6.45) is 5.68. The molecule has 1 fully saturated rings. The minimum atomic E-state index is -0.424. The van der Waals surface area contributed by atoms with E-state index >= 15 is 0 Å². The molecule has 8 nitrogen and oxygen atoms in total. The molecule has 1 aromatic heterocycles. The van der Waals surface area contributed by atoms with Gasteiger partial charge in [0.15, 0.2) is 5.75 Å². The number of aromatic nitrogens is 1. The molecule has 0 bridgehead atoms. The molecule has 1 amide bonds. The van der Waals surface area contributed by atoms with Gasteiger partial charge in [0.2, 0.25) is 11.3 Å². The molecular formula is C27H38N4O4. The predicted octanol–water partition coefficient (Wildman–Crippen LogP) is 1.98. The molecule has 0 radical (unpaired) electrons. The van der Waals surface area contributed by atoms with Crippen LogP contribution >= 0.6 is 0 Å². The van der Waals surface area contributed by atoms with Crippen LogP contribution in [-0.2, 0) is 24.2 Å². The summed E-state index contributed by atoms with van der Waals surface area (Å²) in [5.74, 6) is 0.149. The molecule has 4 rings (SSSR count). The summed E-state index contributed by atoms with van der Waals surface area (Å²) in [4.78, 5) is 31.3. The van der Waals surface area contributed by atoms with Crippen molar-refractivity contribution in [2.45, 2.75) is 52.1 Å². The van der Waals surface area contributed by atoms with E-state index in [2.05, 4.69) is 22.8 Å². The number of rotatable bonds is 8. The standard InChI is InChI=1S/C27H38N4O4/c1-3-10-29(22-7-8-23-21(18-22)5-4-6-24(23)32)15-12-28-13-16-30(17-14-28)26(34)19-31-11-9-25(33)27(35)20(31)2/h4-6,9,11,22,32,35H,3,7-8,10,12-19H2,1-2H3. The maximum atomic E-state index is 12.8. The van der Waals surface area contributed by atoms with Crippen molar-refractivity contribution < 1.29 is 15.0 Å². The highest BCUT2D eigenvalue weighted by molar-refractivity contribution is 5.76. The van der Waals surface area contributed by atoms with Crippen molar-refractivity contribution in [2.24, 2.45) is 0 Å². The number of carbonyl (C=O) groups is 1. The van der Waals surface area contributed by atoms with Crippen molar-refractivity contribution in [1.82, 2.24) is 19.3 Å². The summed E-state index contributed by atoms with van der Waals surface area (Å²) in [5.41, 5.74) is 2.39. The highest BCUT2D eigenvalue weighted by Gasteiger charge is 2.27. The van der Waals surface area contributed by atoms with Crippen LogP contribution in [0.2, 0.25) is 0 Å². The number of piperazine rings is 1. The second-order valence-corrected chi connectivity index (χ2v) is 9.81. The van der Waals surface area contributed by atoms with E-state index in [1.165, 1.54) is 11.6 Å². The average Bonchev–Trinajstić information content (AvgIpc) is 2.87. The Labute approximate surface area is 207 Å². The van der Waals surface area contributed by atoms with Crippen molar-refractivity contribution in [1.29, 1.82) is 0 Å². The second kappa shape index (κ2) is 11.3. The van der Waals surface area contributed by atoms with Gasteiger partial charge in [0.25, 0.3) is 0 Å². The Balaban J connectivity index is 1.27. The van der Waals surface area contributed by atoms with Crippen LogP contribution in [0.25, 0.3) is 0 Å². The van der Waals surface area contributed by atoms with E-state index in [0.717, 1.165) is 64.0 Å². The first-order chi connectivity index (χ1) is 16.9. The first kappa shape index (κ1) is 25.3. The second-order valence-electron chi connectivity index (χ2n) is 9.81. The summed E-state index contributed by atoms with van der Waals surface area (Å²) in [5, 5.41) is 20.0. The molecule has 0 spiro atoms. The van der Waals surface area contributed by atoms with Gasteiger partial charge in [-0.15, -0.1) is 0 Å². The number of benzene rings is 1. The Morgan fingerprint density at radius 1 is 1.11 bits per heavy atom. The van der Waals surface area contributed by atoms with Crippen molar-refractivity contribution in [3.63, 3.8) is 0 Å². The monoisotopic (exact) mass is 482 g/mol. The van der Waals surface area contributed by atoms with E-state index < -0.39 is 5.43 Å². The van der Waals surface area contributed by atoms with Crippen molar-refractivity contribution in [3.8, 4) is 11.5 Å². The maximum absolute atomic E-state index is 12.8. The van der Waals surface area contributed by atoms with Crippen molar-refractivity contribution in [2.75, 3.05) is 45.8 Å². The molecule has 190 valence electrons. The Morgan fingerprint density at radius 2 is 1.89 bits per heavy atom. The molecule has 1 aliphatic carbocycles. The van der Waals surface area contributed by atoms with E-state index in [9.17, 15) is 19.8 Å². The highest BCUT2D eigenvalue weighted by atomic mass is 16.3. The van der Waals surface area contributed by atoms with Gasteiger partial charge < -0.3 is 19.7 Å². The molecule has 1 aliphatic heterocycles. The molecule has 8 heteroatoms. The summed E-state index contributed by atoms with van der Waals surface area (Å²) < 4.78 is 1.64. The topological polar surface area (TPSA) is 89.2 Å². The quantitative estimate of drug-likeness (QED) is 0.598. The van der Waals surface area contributed by atoms with Crippen LogP contribution in [0.1, 0.15) is 36.6 Å². The lowest BCUT2D eigenvalue weighted by atomic mass is 9.87. The zero-order valence-electron chi connectivity index (χ0n) is 20.9. The molecule has 35 heavy (non-hydrogen) atoms. The zero-order valence-corrected chi connectivity index (χ0v) is 20.9. The van der Waals surface area contributed by atoms with E-state index in [0.29, 0.717) is 30.6 Å². The predicted molar refractivity (Wildman–Crippen MR) is 136 cm³/mol. The van der Waals surface area contributed by atoms with Crippen molar-refractivity contribution >= 4 is 5.91 Å². The van der Waals surface area contributed by atoms with Gasteiger partial charge in [-0.3, -0.25) is 19.4 Å². The lowest BCUT2D eigenvalue weighted by molar-refractivity contribution is -0.133. The first-order valence-electron chi connectivity index (χ1n) is 12.8. The fraction of sp³-hybridized carbons (Fsp3) is 0.556. The van der Waals surface area contributed by atoms with Gasteiger partial charge in [0.05, 0.1) is 5.69 Å². The molecule has 2 N–H and O–H groups in total. The van der Waals surface area contributed by atoms with E-state index in [1.807, 2.05) is 11.0 Å². The normalized spacial score (nSPS) is 18.6. The fourth-order valence-electron chi connectivity index (χ4n) is 5.41. The fourth-order valence-corrected chi connectivity index (χ4v) is 5.41. The maximum Gasteiger partial charge on any atom is 0.242 e. The van der Waals surface area contributed by atoms with E-state index in [4.69, 9.17) is 0 Å². The Bertz CT molecular complexity index is 1090. The molecule has 2 heterocycles. The number of carbonyl (C=O) groups excluding carboxylic acids is 1. The Morgan fingerprint density at radius 3 is 2.63 bits per heavy atom. The van der Waals surface area contributed by atoms with E-state index in [-0.39, 0.29) is 18.2 Å². The Kier molecular flexibility index (Phi) is 8.13. The molecule has 1 aromatic carbocycles. The first-order valence-corrected chi connectivity index (χ1v) is 12.8. The van der Waals surface area contributed by atoms with Gasteiger partial charge in [0.1, 0.15) is 12.3 Å². The third kappa shape index (κ3) is 5.87. The number of fused-ring (bicyclic) bond motifs is 1. The van der Waals surface area contributed by atoms with Gasteiger partial charge >= 0.3 is 0 Å². The zero-order chi connectivity index (χ0) is 24.9. The molecule has 2 aliphatic rings. The van der Waals surface area contributed by atoms with Crippen LogP contribution in [0.5, 0.6) is 11.5 Å². The number of nitrogens with zero attached hydrogens (tertiary/aromatic N) is 4. The van der Waals surface area contributed by atoms with Crippen LogP contribution in [0.4, 0.5) is 0 Å². The van der Waals surface area contributed by atoms with Gasteiger partial charge in [-0.1, -0.05) is 19.1 Å². The third-order valence-electron chi connectivity index (χ3n) is 7.61. The smallest absolute Gasteiger partial charge is 0.242 e. The van der Waals surface area contributed by atoms with Gasteiger partial charge in [0, 0.05) is 57.6 Å². The van der Waals surface area contributed by atoms with Gasteiger partial charge in [-0.05, 0) is 56.3 Å². The van der Waals surface area contributed by atoms with Crippen LogP contribution in [0.3, 0.4) is 0 Å². The number of aromatic hydroxyl groups is 2. The van der Waals surface area contributed by atoms with Gasteiger partial charge in [-0.25, -0.2) is 0 Å². The molecule has 1 saturated heterocycles. The number of phenolic OH excluding ortho intramolecular Hbond substituents is 1. The molecule has 1 atom stereocenters. The minimum Gasteiger partial charge on any atom is -0.508 e. The number of amides is 1. The SMILES string of the molecule is CCCN(CCN1CCN(C(=O)Cn2ccc(=O)c(O)c2C)CC1)C1CCc2c(O)cccc2C1. The van der Waals surface area contributed by atoms with Gasteiger partial charge in [-0.2, -0.15) is 0 Å². The number of hydrogen-bond donors (Lipinski definition) is 2. The lowest BCUT2D eigenvalue weighted by Crippen LogP contribution is -2.52. The van der Waals surface area contributed by atoms with Crippen LogP contribution in [0, 0.1) is 6.92 Å². The third-order valence-corrected chi connectivity index (χ3v) is 7.61. The summed E-state index contributed by atoms with van der Waals surface area (Å²) in [6, 6.07) is 7.69. The van der Waals surface area contributed by atoms with Crippen LogP contribution < -0.4 is 5.43 Å². The van der Waals surface area contributed by atoms with Crippen LogP contribution in [0.15, 0.2) is 35.3 Å². The molecule has 2 aromatic rings. The number of hydrogen-bond acceptors (Lipinski definition) is 6. The van der Waals surface area contributed by atoms with Crippen molar-refractivity contribution in [3.05, 3.63) is 57.5 Å². The number of phenols is 1. The Hall–Kier alpha value is -2.84. The van der Waals surface area contributed by atoms with Crippen LogP contribution in [-0.4, -0.2) is 87.2 Å². The molecule has 1 unspecified atom stereocenters. The lowest BCUT2D eigenvalue weighted by Gasteiger charge is -2.39.